The van der Waals surface area contributed by atoms with Gasteiger partial charge in [-0.1, -0.05) is 6.07 Å². The van der Waals surface area contributed by atoms with Gasteiger partial charge >= 0.3 is 11.9 Å². The van der Waals surface area contributed by atoms with Crippen LogP contribution in [-0.4, -0.2) is 24.2 Å². The van der Waals surface area contributed by atoms with Gasteiger partial charge in [0.15, 0.2) is 0 Å². The van der Waals surface area contributed by atoms with Crippen LogP contribution in [0.1, 0.15) is 31.8 Å². The van der Waals surface area contributed by atoms with Crippen molar-refractivity contribution >= 4 is 11.9 Å². The smallest absolute Gasteiger partial charge is 0.339 e. The van der Waals surface area contributed by atoms with Crippen LogP contribution < -0.4 is 0 Å². The zero-order chi connectivity index (χ0) is 11.6. The Kier molecular flexibility index (Phi) is 3.09. The highest BCUT2D eigenvalue weighted by atomic mass is 16.5. The lowest BCUT2D eigenvalue weighted by molar-refractivity contribution is 0.0581. The van der Waals surface area contributed by atoms with Crippen molar-refractivity contribution in [1.82, 2.24) is 0 Å². The Morgan fingerprint density at radius 1 is 1.27 bits per heavy atom. The van der Waals surface area contributed by atoms with E-state index in [1.165, 1.54) is 13.2 Å². The number of carbonyl (C=O) groups excluding carboxylic acids is 1. The fraction of sp³-hybridized carbons (Fsp3) is 0.273. The van der Waals surface area contributed by atoms with Crippen LogP contribution in [0.3, 0.4) is 0 Å². The summed E-state index contributed by atoms with van der Waals surface area (Å²) >= 11 is 0. The van der Waals surface area contributed by atoms with Gasteiger partial charge in [-0.25, -0.2) is 9.59 Å². The van der Waals surface area contributed by atoms with E-state index in [1.54, 1.807) is 13.0 Å². The van der Waals surface area contributed by atoms with Crippen LogP contribution in [0.25, 0.3) is 0 Å². The topological polar surface area (TPSA) is 63.6 Å². The van der Waals surface area contributed by atoms with Gasteiger partial charge in [0.05, 0.1) is 18.2 Å². The Balaban J connectivity index is 3.48. The number of methoxy groups -OCH3 is 1. The second-order valence-corrected chi connectivity index (χ2v) is 3.23. The number of hydrogen-bond donors (Lipinski definition) is 1. The van der Waals surface area contributed by atoms with Gasteiger partial charge in [0, 0.05) is 0 Å². The lowest BCUT2D eigenvalue weighted by Gasteiger charge is -2.09. The van der Waals surface area contributed by atoms with E-state index in [1.807, 2.05) is 6.92 Å². The largest absolute Gasteiger partial charge is 0.478 e. The third-order valence-corrected chi connectivity index (χ3v) is 2.36. The number of carboxylic acids is 1. The summed E-state index contributed by atoms with van der Waals surface area (Å²) in [5.41, 5.74) is 1.61. The number of carboxylic acid groups (broad SMARTS) is 1. The molecule has 4 heteroatoms. The van der Waals surface area contributed by atoms with Crippen LogP contribution in [0, 0.1) is 13.8 Å². The average Bonchev–Trinajstić information content (AvgIpc) is 2.20. The first-order valence-corrected chi connectivity index (χ1v) is 4.40. The van der Waals surface area contributed by atoms with E-state index in [4.69, 9.17) is 5.11 Å². The van der Waals surface area contributed by atoms with Crippen molar-refractivity contribution in [3.63, 3.8) is 0 Å². The first-order chi connectivity index (χ1) is 6.99. The summed E-state index contributed by atoms with van der Waals surface area (Å²) in [6.07, 6.45) is 0. The van der Waals surface area contributed by atoms with E-state index < -0.39 is 11.9 Å². The van der Waals surface area contributed by atoms with Gasteiger partial charge in [-0.2, -0.15) is 0 Å². The summed E-state index contributed by atoms with van der Waals surface area (Å²) in [6, 6.07) is 3.09. The lowest BCUT2D eigenvalue weighted by Crippen LogP contribution is -2.12. The van der Waals surface area contributed by atoms with Crippen molar-refractivity contribution in [3.8, 4) is 0 Å². The molecule has 0 saturated carbocycles. The molecule has 0 radical (unpaired) electrons. The number of hydrogen-bond acceptors (Lipinski definition) is 3. The minimum absolute atomic E-state index is 0.0232. The highest BCUT2D eigenvalue weighted by molar-refractivity contribution is 6.03. The highest BCUT2D eigenvalue weighted by Crippen LogP contribution is 2.19. The van der Waals surface area contributed by atoms with Gasteiger partial charge in [-0.15, -0.1) is 0 Å². The molecule has 0 bridgehead atoms. The maximum absolute atomic E-state index is 11.4. The van der Waals surface area contributed by atoms with Crippen molar-refractivity contribution in [3.05, 3.63) is 34.4 Å². The number of benzene rings is 1. The number of aromatic carboxylic acids is 1. The minimum atomic E-state index is -1.13. The molecule has 0 aromatic heterocycles. The quantitative estimate of drug-likeness (QED) is 0.752. The number of rotatable bonds is 2. The number of aryl methyl sites for hydroxylation is 1. The van der Waals surface area contributed by atoms with Crippen molar-refractivity contribution in [2.45, 2.75) is 13.8 Å². The molecule has 1 aromatic carbocycles. The Morgan fingerprint density at radius 2 is 1.87 bits per heavy atom. The van der Waals surface area contributed by atoms with Crippen LogP contribution in [-0.2, 0) is 4.74 Å². The second-order valence-electron chi connectivity index (χ2n) is 3.23. The van der Waals surface area contributed by atoms with Crippen LogP contribution in [0.2, 0.25) is 0 Å². The number of ether oxygens (including phenoxy) is 1. The molecule has 1 N–H and O–H groups in total. The summed E-state index contributed by atoms with van der Waals surface area (Å²) in [5, 5.41) is 8.92. The summed E-state index contributed by atoms with van der Waals surface area (Å²) < 4.78 is 4.56. The standard InChI is InChI=1S/C11H12O4/c1-6-4-5-8(10(12)13)9(7(6)2)11(14)15-3/h4-5H,1-3H3,(H,12,13). The maximum atomic E-state index is 11.4. The van der Waals surface area contributed by atoms with E-state index in [0.29, 0.717) is 5.56 Å². The van der Waals surface area contributed by atoms with Gasteiger partial charge in [0.25, 0.3) is 0 Å². The highest BCUT2D eigenvalue weighted by Gasteiger charge is 2.20. The van der Waals surface area contributed by atoms with Gasteiger partial charge < -0.3 is 9.84 Å². The van der Waals surface area contributed by atoms with Crippen molar-refractivity contribution < 1.29 is 19.4 Å². The van der Waals surface area contributed by atoms with Gasteiger partial charge in [0.2, 0.25) is 0 Å². The number of carbonyl (C=O) groups is 2. The molecule has 0 aliphatic heterocycles. The third-order valence-electron chi connectivity index (χ3n) is 2.36. The molecule has 1 aromatic rings. The SMILES string of the molecule is COC(=O)c1c(C(=O)O)ccc(C)c1C. The molecule has 0 unspecified atom stereocenters. The number of esters is 1. The zero-order valence-corrected chi connectivity index (χ0v) is 8.83. The molecule has 80 valence electrons. The normalized spacial score (nSPS) is 9.80. The van der Waals surface area contributed by atoms with Crippen molar-refractivity contribution in [2.24, 2.45) is 0 Å². The van der Waals surface area contributed by atoms with E-state index in [0.717, 1.165) is 5.56 Å². The molecule has 1 rings (SSSR count). The molecular formula is C11H12O4. The first kappa shape index (κ1) is 11.2. The molecule has 0 saturated heterocycles. The predicted octanol–water partition coefficient (Wildman–Crippen LogP) is 1.79. The Hall–Kier alpha value is -1.84. The van der Waals surface area contributed by atoms with Gasteiger partial charge in [-0.3, -0.25) is 0 Å². The monoisotopic (exact) mass is 208 g/mol. The molecule has 0 spiro atoms. The van der Waals surface area contributed by atoms with Gasteiger partial charge in [0.1, 0.15) is 0 Å². The Bertz CT molecular complexity index is 421. The summed E-state index contributed by atoms with van der Waals surface area (Å²) in [4.78, 5) is 22.3. The molecule has 0 heterocycles. The van der Waals surface area contributed by atoms with E-state index >= 15 is 0 Å². The Labute approximate surface area is 87.5 Å². The average molecular weight is 208 g/mol. The fourth-order valence-electron chi connectivity index (χ4n) is 1.36. The van der Waals surface area contributed by atoms with Crippen LogP contribution in [0.15, 0.2) is 12.1 Å². The molecule has 0 atom stereocenters. The van der Waals surface area contributed by atoms with Gasteiger partial charge in [-0.05, 0) is 31.0 Å². The molecule has 0 amide bonds. The molecule has 4 nitrogen and oxygen atoms in total. The van der Waals surface area contributed by atoms with Crippen molar-refractivity contribution in [1.29, 1.82) is 0 Å². The molecule has 0 fully saturated rings. The molecular weight excluding hydrogens is 196 g/mol. The predicted molar refractivity (Wildman–Crippen MR) is 54.2 cm³/mol. The minimum Gasteiger partial charge on any atom is -0.478 e. The third kappa shape index (κ3) is 1.98. The van der Waals surface area contributed by atoms with E-state index in [-0.39, 0.29) is 11.1 Å². The molecule has 0 aliphatic rings. The second kappa shape index (κ2) is 4.13. The van der Waals surface area contributed by atoms with Crippen LogP contribution in [0.4, 0.5) is 0 Å². The Morgan fingerprint density at radius 3 is 2.33 bits per heavy atom. The maximum Gasteiger partial charge on any atom is 0.339 e. The molecule has 0 aliphatic carbocycles. The summed E-state index contributed by atoms with van der Waals surface area (Å²) in [7, 11) is 1.23. The summed E-state index contributed by atoms with van der Waals surface area (Å²) in [6.45, 7) is 3.52. The van der Waals surface area contributed by atoms with E-state index in [9.17, 15) is 9.59 Å². The van der Waals surface area contributed by atoms with Crippen LogP contribution in [0.5, 0.6) is 0 Å². The van der Waals surface area contributed by atoms with Crippen molar-refractivity contribution in [2.75, 3.05) is 7.11 Å². The van der Waals surface area contributed by atoms with Crippen LogP contribution >= 0.6 is 0 Å². The molecule has 15 heavy (non-hydrogen) atoms. The zero-order valence-electron chi connectivity index (χ0n) is 8.83. The first-order valence-electron chi connectivity index (χ1n) is 4.40. The lowest BCUT2D eigenvalue weighted by atomic mass is 9.98. The fourth-order valence-corrected chi connectivity index (χ4v) is 1.36. The summed E-state index contributed by atoms with van der Waals surface area (Å²) in [5.74, 6) is -1.74. The van der Waals surface area contributed by atoms with E-state index in [2.05, 4.69) is 4.74 Å².